The fraction of sp³-hybridized carbons (Fsp3) is 0.296. The number of benzene rings is 2. The number of hydrogen-bond acceptors (Lipinski definition) is 3. The van der Waals surface area contributed by atoms with Crippen molar-refractivity contribution in [3.63, 3.8) is 0 Å². The predicted octanol–water partition coefficient (Wildman–Crippen LogP) is 4.35. The Kier molecular flexibility index (Phi) is 6.35. The first-order chi connectivity index (χ1) is 15.5. The molecule has 1 N–H and O–H groups in total. The Labute approximate surface area is 189 Å². The highest BCUT2D eigenvalue weighted by atomic mass is 16.2. The summed E-state index contributed by atoms with van der Waals surface area (Å²) in [5, 5.41) is 3.09. The summed E-state index contributed by atoms with van der Waals surface area (Å²) < 4.78 is 0. The zero-order valence-electron chi connectivity index (χ0n) is 18.6. The second-order valence-electron chi connectivity index (χ2n) is 8.84. The van der Waals surface area contributed by atoms with Crippen molar-refractivity contribution in [1.29, 1.82) is 0 Å². The van der Waals surface area contributed by atoms with Crippen molar-refractivity contribution < 1.29 is 9.59 Å². The molecule has 2 aromatic carbocycles. The number of nitrogens with one attached hydrogen (secondary N) is 1. The molecule has 5 nitrogen and oxygen atoms in total. The minimum atomic E-state index is -0.650. The van der Waals surface area contributed by atoms with Crippen LogP contribution in [0.15, 0.2) is 79.0 Å². The highest BCUT2D eigenvalue weighted by molar-refractivity contribution is 5.93. The van der Waals surface area contributed by atoms with Crippen LogP contribution in [0.25, 0.3) is 11.1 Å². The van der Waals surface area contributed by atoms with Gasteiger partial charge in [0, 0.05) is 25.3 Å². The number of pyridine rings is 1. The molecule has 0 saturated carbocycles. The number of amides is 2. The van der Waals surface area contributed by atoms with E-state index in [2.05, 4.69) is 46.7 Å². The molecular weight excluding hydrogens is 398 g/mol. The van der Waals surface area contributed by atoms with E-state index in [9.17, 15) is 9.59 Å². The summed E-state index contributed by atoms with van der Waals surface area (Å²) in [4.78, 5) is 32.2. The van der Waals surface area contributed by atoms with Gasteiger partial charge in [0.2, 0.25) is 5.91 Å². The van der Waals surface area contributed by atoms with Crippen molar-refractivity contribution in [1.82, 2.24) is 15.2 Å². The van der Waals surface area contributed by atoms with Gasteiger partial charge < -0.3 is 10.2 Å². The van der Waals surface area contributed by atoms with E-state index < -0.39 is 5.41 Å². The Morgan fingerprint density at radius 3 is 2.31 bits per heavy atom. The molecule has 5 heteroatoms. The number of likely N-dealkylation sites (tertiary alicyclic amines) is 1. The van der Waals surface area contributed by atoms with Gasteiger partial charge >= 0.3 is 0 Å². The molecule has 164 valence electrons. The Bertz CT molecular complexity index is 1070. The maximum atomic E-state index is 13.3. The molecule has 3 aromatic rings. The Morgan fingerprint density at radius 2 is 1.66 bits per heavy atom. The summed E-state index contributed by atoms with van der Waals surface area (Å²) in [5.41, 5.74) is 3.17. The molecule has 0 radical (unpaired) electrons. The molecule has 0 aliphatic carbocycles. The zero-order chi connectivity index (χ0) is 22.6. The topological polar surface area (TPSA) is 62.3 Å². The molecule has 32 heavy (non-hydrogen) atoms. The molecule has 1 fully saturated rings. The summed E-state index contributed by atoms with van der Waals surface area (Å²) >= 11 is 0. The average Bonchev–Trinajstić information content (AvgIpc) is 3.25. The summed E-state index contributed by atoms with van der Waals surface area (Å²) in [5.74, 6) is -0.111. The van der Waals surface area contributed by atoms with E-state index in [1.54, 1.807) is 23.2 Å². The summed E-state index contributed by atoms with van der Waals surface area (Å²) in [6.07, 6.45) is 2.84. The highest BCUT2D eigenvalue weighted by Crippen LogP contribution is 2.36. The molecule has 0 unspecified atom stereocenters. The minimum absolute atomic E-state index is 0.0101. The predicted molar refractivity (Wildman–Crippen MR) is 126 cm³/mol. The van der Waals surface area contributed by atoms with Crippen molar-refractivity contribution in [2.45, 2.75) is 32.7 Å². The first kappa shape index (κ1) is 21.8. The molecule has 4 rings (SSSR count). The van der Waals surface area contributed by atoms with Crippen LogP contribution in [0.3, 0.4) is 0 Å². The lowest BCUT2D eigenvalue weighted by Gasteiger charge is -2.29. The van der Waals surface area contributed by atoms with Crippen LogP contribution in [0.1, 0.15) is 36.3 Å². The molecule has 2 amide bonds. The number of hydrogen-bond donors (Lipinski definition) is 1. The van der Waals surface area contributed by atoms with Gasteiger partial charge in [-0.15, -0.1) is 0 Å². The van der Waals surface area contributed by atoms with Crippen LogP contribution >= 0.6 is 0 Å². The van der Waals surface area contributed by atoms with Crippen molar-refractivity contribution in [3.8, 4) is 11.1 Å². The van der Waals surface area contributed by atoms with E-state index in [-0.39, 0.29) is 17.9 Å². The molecular formula is C27H29N3O2. The molecule has 1 saturated heterocycles. The Morgan fingerprint density at radius 1 is 0.969 bits per heavy atom. The molecule has 0 spiro atoms. The second kappa shape index (κ2) is 9.35. The lowest BCUT2D eigenvalue weighted by Crippen LogP contribution is -2.47. The van der Waals surface area contributed by atoms with Crippen LogP contribution in [0.4, 0.5) is 0 Å². The van der Waals surface area contributed by atoms with E-state index in [0.29, 0.717) is 31.6 Å². The van der Waals surface area contributed by atoms with Gasteiger partial charge in [-0.1, -0.05) is 60.7 Å². The maximum absolute atomic E-state index is 13.3. The normalized spacial score (nSPS) is 18.0. The quantitative estimate of drug-likeness (QED) is 0.636. The Hall–Kier alpha value is -3.47. The third kappa shape index (κ3) is 4.72. The Balaban J connectivity index is 1.56. The first-order valence-electron chi connectivity index (χ1n) is 11.1. The fourth-order valence-corrected chi connectivity index (χ4v) is 4.36. The number of rotatable bonds is 6. The molecule has 1 aliphatic heterocycles. The van der Waals surface area contributed by atoms with E-state index in [4.69, 9.17) is 0 Å². The van der Waals surface area contributed by atoms with Crippen LogP contribution < -0.4 is 5.32 Å². The fourth-order valence-electron chi connectivity index (χ4n) is 4.36. The lowest BCUT2D eigenvalue weighted by molar-refractivity contribution is -0.130. The molecule has 1 aliphatic rings. The van der Waals surface area contributed by atoms with Gasteiger partial charge in [0.25, 0.3) is 5.91 Å². The van der Waals surface area contributed by atoms with Gasteiger partial charge in [-0.25, -0.2) is 0 Å². The average molecular weight is 428 g/mol. The number of aromatic nitrogens is 1. The monoisotopic (exact) mass is 427 g/mol. The van der Waals surface area contributed by atoms with E-state index in [0.717, 1.165) is 11.1 Å². The van der Waals surface area contributed by atoms with Crippen LogP contribution in [0.2, 0.25) is 0 Å². The van der Waals surface area contributed by atoms with Gasteiger partial charge in [-0.05, 0) is 55.5 Å². The third-order valence-corrected chi connectivity index (χ3v) is 6.03. The lowest BCUT2D eigenvalue weighted by atomic mass is 9.79. The standard InChI is InChI=1S/C27H29N3O2/c1-20(2)29-26(32)27(15-17-30(19-27)25(31)24-10-6-7-16-28-24)18-21-11-13-23(14-12-21)22-8-4-3-5-9-22/h3-14,16,20H,15,17-19H2,1-2H3,(H,29,32)/t27-/m0/s1. The molecule has 2 heterocycles. The van der Waals surface area contributed by atoms with E-state index in [1.807, 2.05) is 38.1 Å². The number of carbonyl (C=O) groups is 2. The molecule has 1 atom stereocenters. The minimum Gasteiger partial charge on any atom is -0.353 e. The SMILES string of the molecule is CC(C)NC(=O)[C@]1(Cc2ccc(-c3ccccc3)cc2)CCN(C(=O)c2ccccn2)C1. The van der Waals surface area contributed by atoms with Gasteiger partial charge in [-0.2, -0.15) is 0 Å². The zero-order valence-corrected chi connectivity index (χ0v) is 18.6. The smallest absolute Gasteiger partial charge is 0.272 e. The van der Waals surface area contributed by atoms with Crippen molar-refractivity contribution >= 4 is 11.8 Å². The molecule has 0 bridgehead atoms. The summed E-state index contributed by atoms with van der Waals surface area (Å²) in [6.45, 7) is 4.86. The van der Waals surface area contributed by atoms with Gasteiger partial charge in [0.15, 0.2) is 0 Å². The highest BCUT2D eigenvalue weighted by Gasteiger charge is 2.46. The third-order valence-electron chi connectivity index (χ3n) is 6.03. The number of nitrogens with zero attached hydrogens (tertiary/aromatic N) is 2. The second-order valence-corrected chi connectivity index (χ2v) is 8.84. The van der Waals surface area contributed by atoms with E-state index >= 15 is 0 Å². The van der Waals surface area contributed by atoms with Crippen LogP contribution in [-0.4, -0.2) is 40.8 Å². The molecule has 1 aromatic heterocycles. The largest absolute Gasteiger partial charge is 0.353 e. The summed E-state index contributed by atoms with van der Waals surface area (Å²) in [7, 11) is 0. The van der Waals surface area contributed by atoms with Crippen molar-refractivity contribution in [2.75, 3.05) is 13.1 Å². The first-order valence-corrected chi connectivity index (χ1v) is 11.1. The van der Waals surface area contributed by atoms with Gasteiger partial charge in [0.1, 0.15) is 5.69 Å². The summed E-state index contributed by atoms with van der Waals surface area (Å²) in [6, 6.07) is 24.0. The van der Waals surface area contributed by atoms with Gasteiger partial charge in [-0.3, -0.25) is 14.6 Å². The van der Waals surface area contributed by atoms with E-state index in [1.165, 1.54) is 5.56 Å². The van der Waals surface area contributed by atoms with Crippen molar-refractivity contribution in [3.05, 3.63) is 90.3 Å². The van der Waals surface area contributed by atoms with Crippen LogP contribution in [0, 0.1) is 5.41 Å². The number of carbonyl (C=O) groups excluding carboxylic acids is 2. The van der Waals surface area contributed by atoms with Crippen LogP contribution in [-0.2, 0) is 11.2 Å². The van der Waals surface area contributed by atoms with Crippen molar-refractivity contribution in [2.24, 2.45) is 5.41 Å². The van der Waals surface area contributed by atoms with Crippen LogP contribution in [0.5, 0.6) is 0 Å². The van der Waals surface area contributed by atoms with Gasteiger partial charge in [0.05, 0.1) is 5.41 Å². The maximum Gasteiger partial charge on any atom is 0.272 e.